The molecule has 0 aliphatic carbocycles. The number of ether oxygens (including phenoxy) is 1. The van der Waals surface area contributed by atoms with Crippen LogP contribution in [0.2, 0.25) is 0 Å². The first-order valence-electron chi connectivity index (χ1n) is 6.84. The van der Waals surface area contributed by atoms with Crippen molar-refractivity contribution >= 4 is 5.97 Å². The van der Waals surface area contributed by atoms with E-state index in [9.17, 15) is 15.0 Å². The fourth-order valence-corrected chi connectivity index (χ4v) is 1.81. The molecule has 2 atom stereocenters. The standard InChI is InChI=1S/C15H24N2O4/c1-15(2,3)21-14(20)17-12(13(18)19)8-10-4-6-11(9-16)7-5-10/h4-7,12,14,17,20H,8-9,16H2,1-3H3,(H,18,19)/t12-,14?/m0/s1. The molecule has 0 spiro atoms. The first-order valence-corrected chi connectivity index (χ1v) is 6.84. The second-order valence-corrected chi connectivity index (χ2v) is 5.86. The van der Waals surface area contributed by atoms with Gasteiger partial charge in [-0.05, 0) is 38.3 Å². The summed E-state index contributed by atoms with van der Waals surface area (Å²) in [5, 5.41) is 21.5. The van der Waals surface area contributed by atoms with Gasteiger partial charge in [-0.1, -0.05) is 24.3 Å². The molecule has 0 saturated carbocycles. The molecule has 1 aromatic rings. The van der Waals surface area contributed by atoms with Crippen LogP contribution < -0.4 is 11.1 Å². The van der Waals surface area contributed by atoms with E-state index in [0.717, 1.165) is 11.1 Å². The van der Waals surface area contributed by atoms with Crippen LogP contribution in [0.15, 0.2) is 24.3 Å². The van der Waals surface area contributed by atoms with Crippen LogP contribution in [0.4, 0.5) is 0 Å². The first-order chi connectivity index (χ1) is 9.71. The molecule has 0 radical (unpaired) electrons. The third-order valence-electron chi connectivity index (χ3n) is 2.81. The van der Waals surface area contributed by atoms with Crippen LogP contribution in [0.25, 0.3) is 0 Å². The van der Waals surface area contributed by atoms with Crippen molar-refractivity contribution in [3.8, 4) is 0 Å². The first kappa shape index (κ1) is 17.6. The largest absolute Gasteiger partial charge is 0.480 e. The van der Waals surface area contributed by atoms with Crippen molar-refractivity contribution in [2.24, 2.45) is 5.73 Å². The molecule has 6 nitrogen and oxygen atoms in total. The minimum absolute atomic E-state index is 0.241. The number of benzene rings is 1. The van der Waals surface area contributed by atoms with E-state index in [1.807, 2.05) is 24.3 Å². The summed E-state index contributed by atoms with van der Waals surface area (Å²) in [6, 6.07) is 6.44. The van der Waals surface area contributed by atoms with Crippen molar-refractivity contribution in [3.63, 3.8) is 0 Å². The Morgan fingerprint density at radius 2 is 1.81 bits per heavy atom. The Morgan fingerprint density at radius 3 is 2.24 bits per heavy atom. The number of aliphatic hydroxyl groups is 1. The monoisotopic (exact) mass is 296 g/mol. The molecular formula is C15H24N2O4. The van der Waals surface area contributed by atoms with E-state index in [4.69, 9.17) is 10.5 Å². The highest BCUT2D eigenvalue weighted by molar-refractivity contribution is 5.73. The normalized spacial score (nSPS) is 14.7. The van der Waals surface area contributed by atoms with Crippen LogP contribution in [0, 0.1) is 0 Å². The molecule has 118 valence electrons. The molecule has 0 heterocycles. The number of aliphatic hydroxyl groups excluding tert-OH is 1. The van der Waals surface area contributed by atoms with Crippen molar-refractivity contribution in [2.75, 3.05) is 0 Å². The highest BCUT2D eigenvalue weighted by atomic mass is 16.6. The fourth-order valence-electron chi connectivity index (χ4n) is 1.81. The van der Waals surface area contributed by atoms with Crippen LogP contribution in [-0.2, 0) is 22.5 Å². The second kappa shape index (κ2) is 7.51. The van der Waals surface area contributed by atoms with Gasteiger partial charge < -0.3 is 20.7 Å². The van der Waals surface area contributed by atoms with E-state index in [1.165, 1.54) is 0 Å². The quantitative estimate of drug-likeness (QED) is 0.555. The number of carboxylic acid groups (broad SMARTS) is 1. The predicted octanol–water partition coefficient (Wildman–Crippen LogP) is 0.822. The third-order valence-corrected chi connectivity index (χ3v) is 2.81. The van der Waals surface area contributed by atoms with Crippen LogP contribution in [0.1, 0.15) is 31.9 Å². The Morgan fingerprint density at radius 1 is 1.29 bits per heavy atom. The Balaban J connectivity index is 2.66. The molecule has 0 aromatic heterocycles. The van der Waals surface area contributed by atoms with Gasteiger partial charge in [-0.2, -0.15) is 0 Å². The van der Waals surface area contributed by atoms with Gasteiger partial charge >= 0.3 is 5.97 Å². The maximum Gasteiger partial charge on any atom is 0.321 e. The molecule has 0 bridgehead atoms. The highest BCUT2D eigenvalue weighted by Crippen LogP contribution is 2.11. The lowest BCUT2D eigenvalue weighted by Crippen LogP contribution is -2.48. The summed E-state index contributed by atoms with van der Waals surface area (Å²) in [7, 11) is 0. The van der Waals surface area contributed by atoms with Crippen molar-refractivity contribution in [1.29, 1.82) is 0 Å². The predicted molar refractivity (Wildman–Crippen MR) is 79.4 cm³/mol. The average molecular weight is 296 g/mol. The summed E-state index contributed by atoms with van der Waals surface area (Å²) in [6.45, 7) is 5.77. The SMILES string of the molecule is CC(C)(C)OC(O)N[C@@H](Cc1ccc(CN)cc1)C(=O)O. The van der Waals surface area contributed by atoms with Crippen molar-refractivity contribution < 1.29 is 19.7 Å². The lowest BCUT2D eigenvalue weighted by Gasteiger charge is -2.26. The molecule has 0 fully saturated rings. The zero-order chi connectivity index (χ0) is 16.0. The molecule has 0 saturated heterocycles. The Hall–Kier alpha value is -1.47. The molecule has 0 aliphatic heterocycles. The molecule has 1 rings (SSSR count). The van der Waals surface area contributed by atoms with Crippen LogP contribution >= 0.6 is 0 Å². The Kier molecular flexibility index (Phi) is 6.29. The van der Waals surface area contributed by atoms with Gasteiger partial charge in [-0.3, -0.25) is 10.1 Å². The van der Waals surface area contributed by atoms with Crippen molar-refractivity contribution in [1.82, 2.24) is 5.32 Å². The van der Waals surface area contributed by atoms with Gasteiger partial charge in [-0.25, -0.2) is 0 Å². The number of hydrogen-bond acceptors (Lipinski definition) is 5. The second-order valence-electron chi connectivity index (χ2n) is 5.86. The van der Waals surface area contributed by atoms with Gasteiger partial charge in [-0.15, -0.1) is 0 Å². The zero-order valence-corrected chi connectivity index (χ0v) is 12.7. The zero-order valence-electron chi connectivity index (χ0n) is 12.7. The number of rotatable bonds is 7. The highest BCUT2D eigenvalue weighted by Gasteiger charge is 2.24. The van der Waals surface area contributed by atoms with E-state index < -0.39 is 24.0 Å². The van der Waals surface area contributed by atoms with Gasteiger partial charge in [0, 0.05) is 6.54 Å². The van der Waals surface area contributed by atoms with E-state index in [1.54, 1.807) is 20.8 Å². The van der Waals surface area contributed by atoms with Gasteiger partial charge in [0.2, 0.25) is 6.41 Å². The molecule has 0 aliphatic rings. The van der Waals surface area contributed by atoms with Gasteiger partial charge in [0.05, 0.1) is 5.60 Å². The summed E-state index contributed by atoms with van der Waals surface area (Å²) in [5.41, 5.74) is 6.77. The smallest absolute Gasteiger partial charge is 0.321 e. The summed E-state index contributed by atoms with van der Waals surface area (Å²) < 4.78 is 5.26. The lowest BCUT2D eigenvalue weighted by molar-refractivity contribution is -0.189. The summed E-state index contributed by atoms with van der Waals surface area (Å²) >= 11 is 0. The van der Waals surface area contributed by atoms with Crippen molar-refractivity contribution in [2.45, 2.75) is 51.8 Å². The number of nitrogens with two attached hydrogens (primary N) is 1. The van der Waals surface area contributed by atoms with Gasteiger partial charge in [0.15, 0.2) is 0 Å². The van der Waals surface area contributed by atoms with Gasteiger partial charge in [0.25, 0.3) is 0 Å². The number of hydrogen-bond donors (Lipinski definition) is 4. The van der Waals surface area contributed by atoms with Crippen LogP contribution in [-0.4, -0.2) is 34.2 Å². The Labute approximate surface area is 124 Å². The fraction of sp³-hybridized carbons (Fsp3) is 0.533. The molecule has 0 amide bonds. The van der Waals surface area contributed by atoms with E-state index in [-0.39, 0.29) is 6.42 Å². The molecule has 5 N–H and O–H groups in total. The lowest BCUT2D eigenvalue weighted by atomic mass is 10.0. The van der Waals surface area contributed by atoms with Crippen LogP contribution in [0.3, 0.4) is 0 Å². The minimum atomic E-state index is -1.34. The number of aliphatic carboxylic acids is 1. The van der Waals surface area contributed by atoms with E-state index in [2.05, 4.69) is 5.32 Å². The molecule has 1 unspecified atom stereocenters. The molecule has 1 aromatic carbocycles. The number of nitrogens with one attached hydrogen (secondary N) is 1. The summed E-state index contributed by atoms with van der Waals surface area (Å²) in [4.78, 5) is 11.3. The average Bonchev–Trinajstić information content (AvgIpc) is 2.36. The molecule has 21 heavy (non-hydrogen) atoms. The molecular weight excluding hydrogens is 272 g/mol. The topological polar surface area (TPSA) is 105 Å². The van der Waals surface area contributed by atoms with Crippen LogP contribution in [0.5, 0.6) is 0 Å². The third kappa shape index (κ3) is 6.68. The number of carbonyl (C=O) groups is 1. The maximum atomic E-state index is 11.3. The Bertz CT molecular complexity index is 454. The number of carboxylic acids is 1. The van der Waals surface area contributed by atoms with Gasteiger partial charge in [0.1, 0.15) is 6.04 Å². The van der Waals surface area contributed by atoms with E-state index >= 15 is 0 Å². The summed E-state index contributed by atoms with van der Waals surface area (Å²) in [5.74, 6) is -1.05. The molecule has 6 heteroatoms. The minimum Gasteiger partial charge on any atom is -0.480 e. The summed E-state index contributed by atoms with van der Waals surface area (Å²) in [6.07, 6.45) is -1.10. The van der Waals surface area contributed by atoms with E-state index in [0.29, 0.717) is 6.54 Å². The maximum absolute atomic E-state index is 11.3. The van der Waals surface area contributed by atoms with Crippen molar-refractivity contribution in [3.05, 3.63) is 35.4 Å².